The molecule has 310 valence electrons. The van der Waals surface area contributed by atoms with Gasteiger partial charge in [-0.3, -0.25) is 14.4 Å². The van der Waals surface area contributed by atoms with Crippen LogP contribution in [0.5, 0.6) is 28.7 Å². The molecule has 2 aromatic carbocycles. The van der Waals surface area contributed by atoms with E-state index in [4.69, 9.17) is 28.7 Å². The zero-order valence-electron chi connectivity index (χ0n) is 33.3. The number of benzene rings is 2. The van der Waals surface area contributed by atoms with Gasteiger partial charge in [-0.1, -0.05) is 0 Å². The lowest BCUT2D eigenvalue weighted by Crippen LogP contribution is -2.45. The molecule has 5 heterocycles. The first-order chi connectivity index (χ1) is 28.0. The van der Waals surface area contributed by atoms with Crippen molar-refractivity contribution in [3.05, 3.63) is 70.1 Å². The Kier molecular flexibility index (Phi) is 12.3. The number of aryl methyl sites for hydroxylation is 1. The number of pyridine rings is 2. The minimum absolute atomic E-state index is 0.00520. The normalized spacial score (nSPS) is 18.5. The van der Waals surface area contributed by atoms with Gasteiger partial charge in [0.25, 0.3) is 5.91 Å². The summed E-state index contributed by atoms with van der Waals surface area (Å²) < 4.78 is 59.7. The van der Waals surface area contributed by atoms with E-state index in [1.54, 1.807) is 38.3 Å². The maximum absolute atomic E-state index is 14.4. The third-order valence-corrected chi connectivity index (χ3v) is 12.7. The average Bonchev–Trinajstić information content (AvgIpc) is 3.48. The minimum Gasteiger partial charge on any atom is -0.493 e. The van der Waals surface area contributed by atoms with Gasteiger partial charge in [0.1, 0.15) is 5.82 Å². The molecule has 2 aromatic heterocycles. The molecule has 3 aliphatic rings. The molecular weight excluding hydrogens is 769 g/mol. The molecule has 0 spiro atoms. The number of nitrogens with one attached hydrogen (secondary N) is 1. The van der Waals surface area contributed by atoms with E-state index >= 15 is 0 Å². The molecule has 1 saturated heterocycles. The number of methoxy groups -OCH3 is 3. The highest BCUT2D eigenvalue weighted by molar-refractivity contribution is 7.89. The second-order valence-electron chi connectivity index (χ2n) is 14.7. The highest BCUT2D eigenvalue weighted by atomic mass is 32.2. The van der Waals surface area contributed by atoms with Crippen molar-refractivity contribution in [1.29, 1.82) is 0 Å². The molecule has 58 heavy (non-hydrogen) atoms. The van der Waals surface area contributed by atoms with Crippen LogP contribution in [0.1, 0.15) is 48.0 Å². The average molecular weight is 819 g/mol. The zero-order chi connectivity index (χ0) is 41.0. The Morgan fingerprint density at radius 3 is 2.40 bits per heavy atom. The summed E-state index contributed by atoms with van der Waals surface area (Å²) >= 11 is 0. The molecule has 16 nitrogen and oxygen atoms in total. The molecule has 3 aliphatic heterocycles. The number of carbonyl (C=O) groups is 2. The van der Waals surface area contributed by atoms with Crippen molar-refractivity contribution in [2.75, 3.05) is 78.7 Å². The van der Waals surface area contributed by atoms with Crippen molar-refractivity contribution in [2.45, 2.75) is 43.5 Å². The molecule has 4 aromatic rings. The van der Waals surface area contributed by atoms with Gasteiger partial charge >= 0.3 is 0 Å². The fourth-order valence-electron chi connectivity index (χ4n) is 7.80. The van der Waals surface area contributed by atoms with Crippen molar-refractivity contribution in [3.63, 3.8) is 0 Å². The number of rotatable bonds is 6. The third-order valence-electron chi connectivity index (χ3n) is 10.8. The highest BCUT2D eigenvalue weighted by Crippen LogP contribution is 2.44. The van der Waals surface area contributed by atoms with Crippen LogP contribution in [0.3, 0.4) is 0 Å². The quantitative estimate of drug-likeness (QED) is 0.301. The van der Waals surface area contributed by atoms with Crippen molar-refractivity contribution in [2.24, 2.45) is 13.0 Å². The Morgan fingerprint density at radius 1 is 0.862 bits per heavy atom. The number of carbonyl (C=O) groups excluding carboxylic acids is 2. The number of sulfonamides is 1. The van der Waals surface area contributed by atoms with E-state index in [-0.39, 0.29) is 48.5 Å². The van der Waals surface area contributed by atoms with Gasteiger partial charge in [0.15, 0.2) is 23.0 Å². The number of amides is 2. The SMILES string of the molecule is COc1cc2nc3c(cc2c(OC)c1OC)CN(C(=O)c1ccc(=O)n(C)c1)CCCCN(S(=O)(=O)c1ccc2c(c1)OCCCO2)CC(=O)NCC1CCCN3C1. The molecule has 1 unspecified atom stereocenters. The third kappa shape index (κ3) is 8.50. The van der Waals surface area contributed by atoms with E-state index in [9.17, 15) is 22.8 Å². The maximum Gasteiger partial charge on any atom is 0.255 e. The first-order valence-corrected chi connectivity index (χ1v) is 20.9. The van der Waals surface area contributed by atoms with Crippen LogP contribution in [-0.2, 0) is 28.4 Å². The highest BCUT2D eigenvalue weighted by Gasteiger charge is 2.31. The summed E-state index contributed by atoms with van der Waals surface area (Å²) in [5.74, 6) is 2.11. The van der Waals surface area contributed by atoms with Crippen molar-refractivity contribution in [3.8, 4) is 28.7 Å². The summed E-state index contributed by atoms with van der Waals surface area (Å²) in [6.07, 6.45) is 4.57. The molecule has 0 radical (unpaired) electrons. The Bertz CT molecular complexity index is 2350. The number of hydrogen-bond acceptors (Lipinski definition) is 12. The topological polar surface area (TPSA) is 171 Å². The Hall–Kier alpha value is -5.55. The van der Waals surface area contributed by atoms with Gasteiger partial charge in [0.05, 0.1) is 57.1 Å². The molecule has 0 saturated carbocycles. The van der Waals surface area contributed by atoms with Gasteiger partial charge in [-0.25, -0.2) is 13.4 Å². The molecule has 0 aliphatic carbocycles. The zero-order valence-corrected chi connectivity index (χ0v) is 34.1. The lowest BCUT2D eigenvalue weighted by molar-refractivity contribution is -0.121. The number of ether oxygens (including phenoxy) is 5. The number of piperidine rings is 1. The van der Waals surface area contributed by atoms with Gasteiger partial charge in [-0.15, -0.1) is 0 Å². The van der Waals surface area contributed by atoms with Gasteiger partial charge in [0, 0.05) is 88.1 Å². The summed E-state index contributed by atoms with van der Waals surface area (Å²) in [6, 6.07) is 11.2. The van der Waals surface area contributed by atoms with Crippen LogP contribution in [0.25, 0.3) is 10.9 Å². The molecular formula is C41H50N6O10S. The van der Waals surface area contributed by atoms with Crippen molar-refractivity contribution >= 4 is 38.6 Å². The summed E-state index contributed by atoms with van der Waals surface area (Å²) in [5.41, 5.74) is 1.44. The Labute approximate surface area is 337 Å². The standard InChI is InChI=1S/C41H50N6O10S/c1-44-24-28(10-13-37(44)49)41(50)46-14-5-6-16-47(58(51,52)30-11-12-33-34(20-30)57-18-8-17-56-33)26-36(48)42-22-27-9-7-15-45(23-27)40-29(25-46)19-31-32(43-40)21-35(53-2)39(55-4)38(31)54-3/h10-13,19-21,24,27H,5-9,14-18,22-23,25-26H2,1-4H3,(H,42,48). The van der Waals surface area contributed by atoms with Crippen molar-refractivity contribution in [1.82, 2.24) is 24.1 Å². The van der Waals surface area contributed by atoms with Crippen LogP contribution in [0.2, 0.25) is 0 Å². The Morgan fingerprint density at radius 2 is 1.64 bits per heavy atom. The van der Waals surface area contributed by atoms with E-state index in [0.29, 0.717) is 103 Å². The van der Waals surface area contributed by atoms with Crippen LogP contribution < -0.4 is 39.5 Å². The van der Waals surface area contributed by atoms with Crippen molar-refractivity contribution < 1.29 is 41.7 Å². The summed E-state index contributed by atoms with van der Waals surface area (Å²) in [4.78, 5) is 49.4. The lowest BCUT2D eigenvalue weighted by Gasteiger charge is -2.36. The van der Waals surface area contributed by atoms with E-state index in [1.807, 2.05) is 6.07 Å². The molecule has 7 rings (SSSR count). The first-order valence-electron chi connectivity index (χ1n) is 19.5. The fraction of sp³-hybridized carbons (Fsp3) is 0.463. The van der Waals surface area contributed by atoms with Gasteiger partial charge < -0.3 is 43.4 Å². The molecule has 1 atom stereocenters. The molecule has 1 fully saturated rings. The van der Waals surface area contributed by atoms with E-state index in [2.05, 4.69) is 10.2 Å². The fourth-order valence-corrected chi connectivity index (χ4v) is 9.25. The number of aromatic nitrogens is 2. The molecule has 2 amide bonds. The smallest absolute Gasteiger partial charge is 0.255 e. The van der Waals surface area contributed by atoms with Crippen LogP contribution in [-0.4, -0.2) is 113 Å². The second kappa shape index (κ2) is 17.5. The van der Waals surface area contributed by atoms with Gasteiger partial charge in [-0.2, -0.15) is 4.31 Å². The predicted octanol–water partition coefficient (Wildman–Crippen LogP) is 3.58. The minimum atomic E-state index is -4.16. The van der Waals surface area contributed by atoms with Gasteiger partial charge in [-0.05, 0) is 55.9 Å². The molecule has 2 bridgehead atoms. The number of fused-ring (bicyclic) bond motifs is 6. The largest absolute Gasteiger partial charge is 0.493 e. The summed E-state index contributed by atoms with van der Waals surface area (Å²) in [5, 5.41) is 3.68. The van der Waals surface area contributed by atoms with E-state index < -0.39 is 15.9 Å². The predicted molar refractivity (Wildman–Crippen MR) is 216 cm³/mol. The maximum atomic E-state index is 14.4. The van der Waals surface area contributed by atoms with Crippen LogP contribution in [0.4, 0.5) is 5.82 Å². The molecule has 17 heteroatoms. The van der Waals surface area contributed by atoms with Crippen LogP contribution >= 0.6 is 0 Å². The molecule has 1 N–H and O–H groups in total. The summed E-state index contributed by atoms with van der Waals surface area (Å²) in [7, 11) is 2.07. The number of hydrogen-bond donors (Lipinski definition) is 1. The number of nitrogens with zero attached hydrogens (tertiary/aromatic N) is 5. The monoisotopic (exact) mass is 818 g/mol. The first kappa shape index (κ1) is 40.6. The van der Waals surface area contributed by atoms with Crippen LogP contribution in [0, 0.1) is 5.92 Å². The number of anilines is 1. The van der Waals surface area contributed by atoms with Gasteiger partial charge in [0.2, 0.25) is 27.2 Å². The second-order valence-corrected chi connectivity index (χ2v) is 16.7. The van der Waals surface area contributed by atoms with E-state index in [1.165, 1.54) is 46.4 Å². The van der Waals surface area contributed by atoms with E-state index in [0.717, 1.165) is 18.4 Å². The Balaban J connectivity index is 1.28. The van der Waals surface area contributed by atoms with Crippen LogP contribution in [0.15, 0.2) is 58.4 Å². The lowest BCUT2D eigenvalue weighted by atomic mass is 9.97. The summed E-state index contributed by atoms with van der Waals surface area (Å²) in [6.45, 7) is 2.46.